The molecular weight excluding hydrogens is 267 g/mol. The number of aliphatic hydroxyl groups excluding tert-OH is 1. The van der Waals surface area contributed by atoms with E-state index in [1.54, 1.807) is 0 Å². The van der Waals surface area contributed by atoms with Crippen LogP contribution in [0.1, 0.15) is 36.9 Å². The molecule has 2 atom stereocenters. The van der Waals surface area contributed by atoms with Crippen molar-refractivity contribution < 1.29 is 18.3 Å². The van der Waals surface area contributed by atoms with Crippen LogP contribution < -0.4 is 5.73 Å². The van der Waals surface area contributed by atoms with Crippen molar-refractivity contribution >= 4 is 11.6 Å². The van der Waals surface area contributed by atoms with Crippen LogP contribution in [0.2, 0.25) is 5.02 Å². The highest BCUT2D eigenvalue weighted by molar-refractivity contribution is 6.30. The van der Waals surface area contributed by atoms with E-state index in [-0.39, 0.29) is 10.6 Å². The summed E-state index contributed by atoms with van der Waals surface area (Å²) in [7, 11) is 0. The predicted molar refractivity (Wildman–Crippen MR) is 64.3 cm³/mol. The Kier molecular flexibility index (Phi) is 5.01. The molecule has 0 amide bonds. The second-order valence-corrected chi connectivity index (χ2v) is 4.55. The highest BCUT2D eigenvalue weighted by atomic mass is 35.5. The Morgan fingerprint density at radius 3 is 2.50 bits per heavy atom. The molecule has 0 saturated carbocycles. The van der Waals surface area contributed by atoms with Crippen molar-refractivity contribution in [2.45, 2.75) is 38.1 Å². The van der Waals surface area contributed by atoms with Gasteiger partial charge >= 0.3 is 6.18 Å². The van der Waals surface area contributed by atoms with Gasteiger partial charge in [0.1, 0.15) is 0 Å². The summed E-state index contributed by atoms with van der Waals surface area (Å²) in [5, 5.41) is 9.69. The number of rotatable bonds is 4. The minimum absolute atomic E-state index is 0.0109. The van der Waals surface area contributed by atoms with Crippen LogP contribution in [0.25, 0.3) is 0 Å². The molecule has 0 unspecified atom stereocenters. The van der Waals surface area contributed by atoms with Gasteiger partial charge in [-0.25, -0.2) is 0 Å². The van der Waals surface area contributed by atoms with E-state index in [2.05, 4.69) is 0 Å². The van der Waals surface area contributed by atoms with Gasteiger partial charge in [0.25, 0.3) is 0 Å². The third-order valence-electron chi connectivity index (χ3n) is 2.68. The number of nitrogens with two attached hydrogens (primary N) is 1. The van der Waals surface area contributed by atoms with Gasteiger partial charge in [-0.05, 0) is 24.1 Å². The van der Waals surface area contributed by atoms with Crippen molar-refractivity contribution in [2.75, 3.05) is 0 Å². The minimum Gasteiger partial charge on any atom is -0.391 e. The number of benzene rings is 1. The highest BCUT2D eigenvalue weighted by Crippen LogP contribution is 2.36. The zero-order chi connectivity index (χ0) is 13.9. The smallest absolute Gasteiger partial charge is 0.391 e. The molecular formula is C12H15ClF3NO. The summed E-state index contributed by atoms with van der Waals surface area (Å²) in [6.45, 7) is 1.82. The summed E-state index contributed by atoms with van der Waals surface area (Å²) >= 11 is 5.56. The third-order valence-corrected chi connectivity index (χ3v) is 2.91. The third kappa shape index (κ3) is 3.60. The van der Waals surface area contributed by atoms with E-state index in [0.717, 1.165) is 6.07 Å². The second-order valence-electron chi connectivity index (χ2n) is 4.11. The summed E-state index contributed by atoms with van der Waals surface area (Å²) in [6.07, 6.45) is -4.55. The molecule has 0 saturated heterocycles. The standard InChI is InChI=1S/C12H15ClF3NO/c1-2-3-10(18)11(17)8-5-4-7(13)6-9(8)12(14,15)16/h4-6,10-11,18H,2-3,17H2,1H3/t10-,11+/m1/s1. The second kappa shape index (κ2) is 5.91. The first-order valence-electron chi connectivity index (χ1n) is 5.57. The molecule has 0 heterocycles. The number of halogens is 4. The molecule has 1 aromatic carbocycles. The fraction of sp³-hybridized carbons (Fsp3) is 0.500. The molecule has 0 aromatic heterocycles. The Bertz CT molecular complexity index is 409. The van der Waals surface area contributed by atoms with Crippen molar-refractivity contribution in [1.82, 2.24) is 0 Å². The van der Waals surface area contributed by atoms with E-state index >= 15 is 0 Å². The van der Waals surface area contributed by atoms with Crippen LogP contribution in [0.5, 0.6) is 0 Å². The van der Waals surface area contributed by atoms with E-state index in [9.17, 15) is 18.3 Å². The normalized spacial score (nSPS) is 15.5. The van der Waals surface area contributed by atoms with Crippen molar-refractivity contribution in [2.24, 2.45) is 5.73 Å². The number of alkyl halides is 3. The minimum atomic E-state index is -4.54. The fourth-order valence-electron chi connectivity index (χ4n) is 1.75. The van der Waals surface area contributed by atoms with Gasteiger partial charge < -0.3 is 10.8 Å². The van der Waals surface area contributed by atoms with Gasteiger partial charge in [-0.15, -0.1) is 0 Å². The maximum absolute atomic E-state index is 12.8. The van der Waals surface area contributed by atoms with Crippen molar-refractivity contribution in [3.05, 3.63) is 34.3 Å². The lowest BCUT2D eigenvalue weighted by Gasteiger charge is -2.22. The monoisotopic (exact) mass is 281 g/mol. The molecule has 0 aliphatic heterocycles. The van der Waals surface area contributed by atoms with Gasteiger partial charge in [0, 0.05) is 5.02 Å². The lowest BCUT2D eigenvalue weighted by molar-refractivity contribution is -0.138. The molecule has 6 heteroatoms. The molecule has 0 bridgehead atoms. The van der Waals surface area contributed by atoms with Gasteiger partial charge in [-0.1, -0.05) is 31.0 Å². The lowest BCUT2D eigenvalue weighted by Crippen LogP contribution is -2.28. The Hall–Kier alpha value is -0.780. The SMILES string of the molecule is CCC[C@@H](O)[C@@H](N)c1ccc(Cl)cc1C(F)(F)F. The molecule has 1 aromatic rings. The average Bonchev–Trinajstić information content (AvgIpc) is 2.27. The molecule has 0 aliphatic rings. The maximum Gasteiger partial charge on any atom is 0.416 e. The Labute approximate surface area is 109 Å². The van der Waals surface area contributed by atoms with Gasteiger partial charge in [-0.3, -0.25) is 0 Å². The summed E-state index contributed by atoms with van der Waals surface area (Å²) in [5.41, 5.74) is 4.66. The molecule has 0 spiro atoms. The van der Waals surface area contributed by atoms with Crippen LogP contribution in [0, 0.1) is 0 Å². The molecule has 0 radical (unpaired) electrons. The Morgan fingerprint density at radius 2 is 2.00 bits per heavy atom. The predicted octanol–water partition coefficient (Wildman–Crippen LogP) is 3.52. The van der Waals surface area contributed by atoms with Gasteiger partial charge in [0.05, 0.1) is 17.7 Å². The van der Waals surface area contributed by atoms with Gasteiger partial charge in [-0.2, -0.15) is 13.2 Å². The van der Waals surface area contributed by atoms with Crippen molar-refractivity contribution in [1.29, 1.82) is 0 Å². The first kappa shape index (κ1) is 15.3. The van der Waals surface area contributed by atoms with E-state index in [1.807, 2.05) is 6.92 Å². The molecule has 18 heavy (non-hydrogen) atoms. The van der Waals surface area contributed by atoms with Crippen molar-refractivity contribution in [3.8, 4) is 0 Å². The maximum atomic E-state index is 12.8. The van der Waals surface area contributed by atoms with Crippen LogP contribution in [-0.2, 0) is 6.18 Å². The Balaban J connectivity index is 3.15. The quantitative estimate of drug-likeness (QED) is 0.887. The van der Waals surface area contributed by atoms with Crippen LogP contribution in [0.15, 0.2) is 18.2 Å². The van der Waals surface area contributed by atoms with Crippen LogP contribution in [0.3, 0.4) is 0 Å². The first-order chi connectivity index (χ1) is 8.27. The molecule has 102 valence electrons. The average molecular weight is 282 g/mol. The Morgan fingerprint density at radius 1 is 1.39 bits per heavy atom. The van der Waals surface area contributed by atoms with Crippen LogP contribution in [0.4, 0.5) is 13.2 Å². The van der Waals surface area contributed by atoms with E-state index in [0.29, 0.717) is 12.8 Å². The molecule has 2 nitrogen and oxygen atoms in total. The zero-order valence-electron chi connectivity index (χ0n) is 9.84. The topological polar surface area (TPSA) is 46.2 Å². The number of hydrogen-bond acceptors (Lipinski definition) is 2. The van der Waals surface area contributed by atoms with E-state index in [1.165, 1.54) is 12.1 Å². The summed E-state index contributed by atoms with van der Waals surface area (Å²) < 4.78 is 38.5. The van der Waals surface area contributed by atoms with Gasteiger partial charge in [0.15, 0.2) is 0 Å². The summed E-state index contributed by atoms with van der Waals surface area (Å²) in [4.78, 5) is 0. The summed E-state index contributed by atoms with van der Waals surface area (Å²) in [5.74, 6) is 0. The largest absolute Gasteiger partial charge is 0.416 e. The first-order valence-corrected chi connectivity index (χ1v) is 5.95. The fourth-order valence-corrected chi connectivity index (χ4v) is 1.92. The molecule has 1 rings (SSSR count). The van der Waals surface area contributed by atoms with Crippen LogP contribution in [-0.4, -0.2) is 11.2 Å². The van der Waals surface area contributed by atoms with Gasteiger partial charge in [0.2, 0.25) is 0 Å². The highest BCUT2D eigenvalue weighted by Gasteiger charge is 2.36. The van der Waals surface area contributed by atoms with Crippen LogP contribution >= 0.6 is 11.6 Å². The summed E-state index contributed by atoms with van der Waals surface area (Å²) in [6, 6.07) is 2.31. The van der Waals surface area contributed by atoms with Crippen molar-refractivity contribution in [3.63, 3.8) is 0 Å². The lowest BCUT2D eigenvalue weighted by atomic mass is 9.94. The van der Waals surface area contributed by atoms with E-state index in [4.69, 9.17) is 17.3 Å². The molecule has 3 N–H and O–H groups in total. The molecule has 0 fully saturated rings. The molecule has 0 aliphatic carbocycles. The van der Waals surface area contributed by atoms with E-state index < -0.39 is 23.9 Å². The number of hydrogen-bond donors (Lipinski definition) is 2. The number of aliphatic hydroxyl groups is 1. The zero-order valence-corrected chi connectivity index (χ0v) is 10.6.